The highest BCUT2D eigenvalue weighted by molar-refractivity contribution is 7.88. The first kappa shape index (κ1) is 21.5. The van der Waals surface area contributed by atoms with Crippen molar-refractivity contribution in [2.24, 2.45) is 0 Å². The number of benzene rings is 1. The Bertz CT molecular complexity index is 956. The third kappa shape index (κ3) is 5.86. The normalized spacial score (nSPS) is 11.1. The number of aryl methyl sites for hydroxylation is 1. The number of pyridine rings is 1. The molecule has 8 nitrogen and oxygen atoms in total. The molecule has 1 aromatic heterocycles. The minimum atomic E-state index is -3.33. The van der Waals surface area contributed by atoms with E-state index in [9.17, 15) is 18.0 Å². The molecule has 9 heteroatoms. The van der Waals surface area contributed by atoms with E-state index in [-0.39, 0.29) is 30.5 Å². The fourth-order valence-electron chi connectivity index (χ4n) is 2.43. The average Bonchev–Trinajstić information content (AvgIpc) is 2.67. The Labute approximate surface area is 164 Å². The van der Waals surface area contributed by atoms with E-state index in [0.717, 1.165) is 5.56 Å². The van der Waals surface area contributed by atoms with E-state index >= 15 is 0 Å². The fourth-order valence-corrected chi connectivity index (χ4v) is 3.21. The Morgan fingerprint density at radius 2 is 1.71 bits per heavy atom. The van der Waals surface area contributed by atoms with Crippen LogP contribution >= 0.6 is 0 Å². The standard InChI is InChI=1S/C19H23N3O5S/c1-4-27-19(24)16-9-10-17(22-13(16)2)18(23)21-11-14-5-7-15(8-6-14)12-28(25,26)20-3/h5-10,20H,4,11-12H2,1-3H3,(H,21,23). The molecule has 0 spiro atoms. The number of hydrogen-bond acceptors (Lipinski definition) is 6. The predicted octanol–water partition coefficient (Wildman–Crippen LogP) is 1.55. The average molecular weight is 405 g/mol. The molecule has 0 aliphatic heterocycles. The van der Waals surface area contributed by atoms with Gasteiger partial charge >= 0.3 is 5.97 Å². The molecular formula is C19H23N3O5S. The number of carbonyl (C=O) groups is 2. The zero-order valence-corrected chi connectivity index (χ0v) is 16.8. The number of rotatable bonds is 8. The number of esters is 1. The van der Waals surface area contributed by atoms with Crippen molar-refractivity contribution < 1.29 is 22.7 Å². The fraction of sp³-hybridized carbons (Fsp3) is 0.316. The van der Waals surface area contributed by atoms with Gasteiger partial charge in [-0.3, -0.25) is 4.79 Å². The maximum atomic E-state index is 12.3. The first-order chi connectivity index (χ1) is 13.3. The Morgan fingerprint density at radius 1 is 1.07 bits per heavy atom. The van der Waals surface area contributed by atoms with Crippen LogP contribution in [0.25, 0.3) is 0 Å². The summed E-state index contributed by atoms with van der Waals surface area (Å²) in [6.45, 7) is 3.88. The molecule has 150 valence electrons. The smallest absolute Gasteiger partial charge is 0.339 e. The second-order valence-electron chi connectivity index (χ2n) is 6.01. The first-order valence-electron chi connectivity index (χ1n) is 8.67. The Morgan fingerprint density at radius 3 is 2.29 bits per heavy atom. The Balaban J connectivity index is 1.98. The van der Waals surface area contributed by atoms with Gasteiger partial charge < -0.3 is 10.1 Å². The van der Waals surface area contributed by atoms with Gasteiger partial charge in [0.15, 0.2) is 0 Å². The lowest BCUT2D eigenvalue weighted by molar-refractivity contribution is 0.0524. The van der Waals surface area contributed by atoms with E-state index < -0.39 is 16.0 Å². The summed E-state index contributed by atoms with van der Waals surface area (Å²) in [6.07, 6.45) is 0. The monoisotopic (exact) mass is 405 g/mol. The van der Waals surface area contributed by atoms with Crippen molar-refractivity contribution in [1.29, 1.82) is 0 Å². The number of nitrogens with one attached hydrogen (secondary N) is 2. The highest BCUT2D eigenvalue weighted by atomic mass is 32.2. The van der Waals surface area contributed by atoms with Crippen LogP contribution in [0.2, 0.25) is 0 Å². The number of amides is 1. The van der Waals surface area contributed by atoms with Gasteiger partial charge in [0.1, 0.15) is 5.69 Å². The summed E-state index contributed by atoms with van der Waals surface area (Å²) in [6, 6.07) is 9.90. The van der Waals surface area contributed by atoms with E-state index in [0.29, 0.717) is 16.8 Å². The third-order valence-corrected chi connectivity index (χ3v) is 5.29. The first-order valence-corrected chi connectivity index (χ1v) is 10.3. The molecule has 0 aliphatic carbocycles. The lowest BCUT2D eigenvalue weighted by atomic mass is 10.1. The molecule has 0 saturated carbocycles. The van der Waals surface area contributed by atoms with Crippen LogP contribution in [-0.4, -0.2) is 38.9 Å². The third-order valence-electron chi connectivity index (χ3n) is 3.96. The van der Waals surface area contributed by atoms with Crippen LogP contribution in [0.15, 0.2) is 36.4 Å². The zero-order chi connectivity index (χ0) is 20.7. The van der Waals surface area contributed by atoms with Crippen LogP contribution in [0.1, 0.15) is 44.6 Å². The molecule has 0 fully saturated rings. The second-order valence-corrected chi connectivity index (χ2v) is 7.94. The summed E-state index contributed by atoms with van der Waals surface area (Å²) in [5.74, 6) is -0.952. The molecule has 28 heavy (non-hydrogen) atoms. The van der Waals surface area contributed by atoms with E-state index in [1.807, 2.05) is 0 Å². The van der Waals surface area contributed by atoms with Crippen molar-refractivity contribution in [2.75, 3.05) is 13.7 Å². The lowest BCUT2D eigenvalue weighted by Gasteiger charge is -2.09. The van der Waals surface area contributed by atoms with Gasteiger partial charge in [0.05, 0.1) is 23.6 Å². The number of hydrogen-bond donors (Lipinski definition) is 2. The lowest BCUT2D eigenvalue weighted by Crippen LogP contribution is -2.24. The SMILES string of the molecule is CCOC(=O)c1ccc(C(=O)NCc2ccc(CS(=O)(=O)NC)cc2)nc1C. The molecular weight excluding hydrogens is 382 g/mol. The maximum Gasteiger partial charge on any atom is 0.339 e. The Kier molecular flexibility index (Phi) is 7.24. The summed E-state index contributed by atoms with van der Waals surface area (Å²) in [7, 11) is -1.96. The summed E-state index contributed by atoms with van der Waals surface area (Å²) < 4.78 is 30.3. The number of ether oxygens (including phenoxy) is 1. The van der Waals surface area contributed by atoms with Crippen molar-refractivity contribution in [3.05, 3.63) is 64.5 Å². The van der Waals surface area contributed by atoms with E-state index in [1.54, 1.807) is 38.1 Å². The molecule has 0 saturated heterocycles. The Hall–Kier alpha value is -2.78. The molecule has 0 aliphatic rings. The van der Waals surface area contributed by atoms with Gasteiger partial charge in [-0.1, -0.05) is 24.3 Å². The molecule has 0 radical (unpaired) electrons. The molecule has 0 unspecified atom stereocenters. The molecule has 2 N–H and O–H groups in total. The molecule has 0 bridgehead atoms. The van der Waals surface area contributed by atoms with Crippen molar-refractivity contribution >= 4 is 21.9 Å². The van der Waals surface area contributed by atoms with Crippen LogP contribution in [0, 0.1) is 6.92 Å². The summed E-state index contributed by atoms with van der Waals surface area (Å²) in [4.78, 5) is 28.2. The second kappa shape index (κ2) is 9.43. The van der Waals surface area contributed by atoms with Gasteiger partial charge in [0.25, 0.3) is 5.91 Å². The van der Waals surface area contributed by atoms with E-state index in [2.05, 4.69) is 15.0 Å². The number of carbonyl (C=O) groups excluding carboxylic acids is 2. The summed E-state index contributed by atoms with van der Waals surface area (Å²) in [5, 5.41) is 2.75. The largest absolute Gasteiger partial charge is 0.462 e. The summed E-state index contributed by atoms with van der Waals surface area (Å²) in [5.41, 5.74) is 2.41. The van der Waals surface area contributed by atoms with Gasteiger partial charge in [-0.25, -0.2) is 22.9 Å². The van der Waals surface area contributed by atoms with Crippen LogP contribution in [0.5, 0.6) is 0 Å². The molecule has 1 amide bonds. The van der Waals surface area contributed by atoms with E-state index in [1.165, 1.54) is 19.2 Å². The van der Waals surface area contributed by atoms with Crippen molar-refractivity contribution in [3.63, 3.8) is 0 Å². The maximum absolute atomic E-state index is 12.3. The van der Waals surface area contributed by atoms with Crippen LogP contribution < -0.4 is 10.0 Å². The van der Waals surface area contributed by atoms with Crippen molar-refractivity contribution in [1.82, 2.24) is 15.0 Å². The van der Waals surface area contributed by atoms with Gasteiger partial charge in [-0.15, -0.1) is 0 Å². The molecule has 1 heterocycles. The minimum Gasteiger partial charge on any atom is -0.462 e. The van der Waals surface area contributed by atoms with E-state index in [4.69, 9.17) is 4.74 Å². The highest BCUT2D eigenvalue weighted by Gasteiger charge is 2.15. The van der Waals surface area contributed by atoms with Crippen LogP contribution in [-0.2, 0) is 27.1 Å². The minimum absolute atomic E-state index is 0.105. The molecule has 2 aromatic rings. The van der Waals surface area contributed by atoms with Crippen molar-refractivity contribution in [3.8, 4) is 0 Å². The summed E-state index contributed by atoms with van der Waals surface area (Å²) >= 11 is 0. The van der Waals surface area contributed by atoms with Gasteiger partial charge in [-0.05, 0) is 44.2 Å². The predicted molar refractivity (Wildman–Crippen MR) is 104 cm³/mol. The van der Waals surface area contributed by atoms with Crippen molar-refractivity contribution in [2.45, 2.75) is 26.1 Å². The van der Waals surface area contributed by atoms with Crippen LogP contribution in [0.4, 0.5) is 0 Å². The number of aromatic nitrogens is 1. The molecule has 0 atom stereocenters. The zero-order valence-electron chi connectivity index (χ0n) is 16.0. The van der Waals surface area contributed by atoms with Crippen LogP contribution in [0.3, 0.4) is 0 Å². The highest BCUT2D eigenvalue weighted by Crippen LogP contribution is 2.10. The topological polar surface area (TPSA) is 114 Å². The molecule has 2 rings (SSSR count). The van der Waals surface area contributed by atoms with Gasteiger partial charge in [-0.2, -0.15) is 0 Å². The van der Waals surface area contributed by atoms with Gasteiger partial charge in [0, 0.05) is 6.54 Å². The molecule has 1 aromatic carbocycles. The number of sulfonamides is 1. The quantitative estimate of drug-likeness (QED) is 0.644. The van der Waals surface area contributed by atoms with Gasteiger partial charge in [0.2, 0.25) is 10.0 Å². The number of nitrogens with zero attached hydrogens (tertiary/aromatic N) is 1.